The van der Waals surface area contributed by atoms with Gasteiger partial charge < -0.3 is 5.11 Å². The van der Waals surface area contributed by atoms with Gasteiger partial charge in [0, 0.05) is 23.5 Å². The van der Waals surface area contributed by atoms with Crippen molar-refractivity contribution >= 4 is 27.5 Å². The minimum Gasteiger partial charge on any atom is -0.392 e. The third-order valence-corrected chi connectivity index (χ3v) is 4.04. The van der Waals surface area contributed by atoms with Crippen LogP contribution in [0.2, 0.25) is 5.15 Å². The zero-order valence-corrected chi connectivity index (χ0v) is 13.2. The van der Waals surface area contributed by atoms with E-state index in [0.29, 0.717) is 18.0 Å². The van der Waals surface area contributed by atoms with E-state index in [1.54, 1.807) is 11.7 Å². The van der Waals surface area contributed by atoms with E-state index in [1.165, 1.54) is 0 Å². The Balaban J connectivity index is 2.07. The van der Waals surface area contributed by atoms with E-state index in [1.807, 2.05) is 31.2 Å². The number of aryl methyl sites for hydroxylation is 2. The molecule has 0 radical (unpaired) electrons. The van der Waals surface area contributed by atoms with E-state index >= 15 is 0 Å². The van der Waals surface area contributed by atoms with E-state index in [2.05, 4.69) is 21.0 Å². The fourth-order valence-corrected chi connectivity index (χ4v) is 2.85. The largest absolute Gasteiger partial charge is 0.392 e. The lowest BCUT2D eigenvalue weighted by molar-refractivity contribution is 0.175. The van der Waals surface area contributed by atoms with E-state index in [9.17, 15) is 5.11 Å². The predicted molar refractivity (Wildman–Crippen MR) is 80.5 cm³/mol. The molecule has 2 rings (SSSR count). The summed E-state index contributed by atoms with van der Waals surface area (Å²) >= 11 is 9.60. The Morgan fingerprint density at radius 1 is 1.42 bits per heavy atom. The molecule has 5 heteroatoms. The Morgan fingerprint density at radius 3 is 2.74 bits per heavy atom. The average Bonchev–Trinajstić information content (AvgIpc) is 2.56. The number of hydrogen-bond acceptors (Lipinski definition) is 2. The van der Waals surface area contributed by atoms with E-state index < -0.39 is 6.10 Å². The summed E-state index contributed by atoms with van der Waals surface area (Å²) in [6.45, 7) is 1.91. The molecule has 1 N–H and O–H groups in total. The van der Waals surface area contributed by atoms with E-state index in [0.717, 1.165) is 21.3 Å². The molecule has 0 fully saturated rings. The molecule has 1 aromatic carbocycles. The van der Waals surface area contributed by atoms with Gasteiger partial charge in [0.2, 0.25) is 0 Å². The number of hydrogen-bond donors (Lipinski definition) is 1. The standard InChI is InChI=1S/C14H16BrClN2O/c1-9-13(14(16)18(2)17-9)8-12(19)7-10-4-3-5-11(15)6-10/h3-6,12,19H,7-8H2,1-2H3. The van der Waals surface area contributed by atoms with E-state index in [4.69, 9.17) is 11.6 Å². The van der Waals surface area contributed by atoms with Crippen molar-refractivity contribution in [2.75, 3.05) is 0 Å². The minimum atomic E-state index is -0.463. The summed E-state index contributed by atoms with van der Waals surface area (Å²) in [6.07, 6.45) is 0.657. The first-order chi connectivity index (χ1) is 8.97. The molecule has 1 atom stereocenters. The van der Waals surface area contributed by atoms with Gasteiger partial charge in [0.15, 0.2) is 0 Å². The monoisotopic (exact) mass is 342 g/mol. The van der Waals surface area contributed by atoms with Gasteiger partial charge in [-0.2, -0.15) is 5.10 Å². The van der Waals surface area contributed by atoms with Gasteiger partial charge in [-0.05, 0) is 31.0 Å². The van der Waals surface area contributed by atoms with Crippen LogP contribution in [0.25, 0.3) is 0 Å². The average molecular weight is 344 g/mol. The normalized spacial score (nSPS) is 12.7. The lowest BCUT2D eigenvalue weighted by Gasteiger charge is -2.11. The molecule has 3 nitrogen and oxygen atoms in total. The lowest BCUT2D eigenvalue weighted by atomic mass is 10.0. The van der Waals surface area contributed by atoms with Crippen LogP contribution in [0.15, 0.2) is 28.7 Å². The van der Waals surface area contributed by atoms with Gasteiger partial charge in [0.25, 0.3) is 0 Å². The van der Waals surface area contributed by atoms with Gasteiger partial charge in [-0.25, -0.2) is 0 Å². The molecule has 0 bridgehead atoms. The van der Waals surface area contributed by atoms with Gasteiger partial charge >= 0.3 is 0 Å². The van der Waals surface area contributed by atoms with Crippen molar-refractivity contribution in [1.29, 1.82) is 0 Å². The highest BCUT2D eigenvalue weighted by Gasteiger charge is 2.15. The SMILES string of the molecule is Cc1nn(C)c(Cl)c1CC(O)Cc1cccc(Br)c1. The van der Waals surface area contributed by atoms with Gasteiger partial charge in [0.1, 0.15) is 5.15 Å². The summed E-state index contributed by atoms with van der Waals surface area (Å²) in [5.74, 6) is 0. The third kappa shape index (κ3) is 3.59. The Labute approximate surface area is 126 Å². The topological polar surface area (TPSA) is 38.0 Å². The minimum absolute atomic E-state index is 0.463. The van der Waals surface area contributed by atoms with Crippen molar-refractivity contribution in [3.05, 3.63) is 50.7 Å². The Kier molecular flexibility index (Phi) is 4.66. The van der Waals surface area contributed by atoms with Gasteiger partial charge in [-0.3, -0.25) is 4.68 Å². The van der Waals surface area contributed by atoms with Crippen molar-refractivity contribution < 1.29 is 5.11 Å². The van der Waals surface area contributed by atoms with Crippen molar-refractivity contribution in [2.45, 2.75) is 25.9 Å². The lowest BCUT2D eigenvalue weighted by Crippen LogP contribution is -2.14. The highest BCUT2D eigenvalue weighted by atomic mass is 79.9. The predicted octanol–water partition coefficient (Wildman–Crippen LogP) is 3.29. The van der Waals surface area contributed by atoms with Crippen molar-refractivity contribution in [2.24, 2.45) is 7.05 Å². The van der Waals surface area contributed by atoms with Crippen LogP contribution in [0, 0.1) is 6.92 Å². The number of nitrogens with zero attached hydrogens (tertiary/aromatic N) is 2. The molecule has 0 amide bonds. The van der Waals surface area contributed by atoms with Gasteiger partial charge in [-0.1, -0.05) is 39.7 Å². The zero-order valence-electron chi connectivity index (χ0n) is 10.9. The maximum atomic E-state index is 10.2. The fraction of sp³-hybridized carbons (Fsp3) is 0.357. The molecule has 0 aliphatic heterocycles. The molecule has 19 heavy (non-hydrogen) atoms. The van der Waals surface area contributed by atoms with Crippen LogP contribution >= 0.6 is 27.5 Å². The maximum absolute atomic E-state index is 10.2. The molecular weight excluding hydrogens is 328 g/mol. The van der Waals surface area contributed by atoms with Crippen LogP contribution in [0.1, 0.15) is 16.8 Å². The quantitative estimate of drug-likeness (QED) is 0.925. The van der Waals surface area contributed by atoms with Crippen molar-refractivity contribution in [1.82, 2.24) is 9.78 Å². The molecule has 1 unspecified atom stereocenters. The molecular formula is C14H16BrClN2O. The summed E-state index contributed by atoms with van der Waals surface area (Å²) in [4.78, 5) is 0. The molecule has 0 spiro atoms. The molecule has 102 valence electrons. The molecule has 1 aromatic heterocycles. The van der Waals surface area contributed by atoms with Crippen LogP contribution in [-0.2, 0) is 19.9 Å². The van der Waals surface area contributed by atoms with Crippen LogP contribution in [0.5, 0.6) is 0 Å². The number of benzene rings is 1. The summed E-state index contributed by atoms with van der Waals surface area (Å²) in [7, 11) is 1.81. The highest BCUT2D eigenvalue weighted by molar-refractivity contribution is 9.10. The first-order valence-electron chi connectivity index (χ1n) is 6.08. The van der Waals surface area contributed by atoms with Gasteiger partial charge in [-0.15, -0.1) is 0 Å². The first-order valence-corrected chi connectivity index (χ1v) is 7.25. The second-order valence-corrected chi connectivity index (χ2v) is 5.94. The number of aliphatic hydroxyl groups excluding tert-OH is 1. The van der Waals surface area contributed by atoms with Crippen molar-refractivity contribution in [3.8, 4) is 0 Å². The van der Waals surface area contributed by atoms with Crippen LogP contribution in [-0.4, -0.2) is 21.0 Å². The Morgan fingerprint density at radius 2 is 2.16 bits per heavy atom. The van der Waals surface area contributed by atoms with Crippen LogP contribution in [0.3, 0.4) is 0 Å². The fourth-order valence-electron chi connectivity index (χ4n) is 2.15. The molecule has 2 aromatic rings. The molecule has 0 aliphatic carbocycles. The molecule has 0 saturated carbocycles. The second-order valence-electron chi connectivity index (χ2n) is 4.67. The first kappa shape index (κ1) is 14.6. The maximum Gasteiger partial charge on any atom is 0.130 e. The molecule has 0 aliphatic rings. The van der Waals surface area contributed by atoms with Crippen LogP contribution in [0.4, 0.5) is 0 Å². The summed E-state index contributed by atoms with van der Waals surface area (Å²) in [5, 5.41) is 15.0. The summed E-state index contributed by atoms with van der Waals surface area (Å²) in [5.41, 5.74) is 2.90. The Bertz CT molecular complexity index is 583. The summed E-state index contributed by atoms with van der Waals surface area (Å²) in [6, 6.07) is 7.96. The molecule has 0 saturated heterocycles. The van der Waals surface area contributed by atoms with Gasteiger partial charge in [0.05, 0.1) is 11.8 Å². The highest BCUT2D eigenvalue weighted by Crippen LogP contribution is 2.21. The van der Waals surface area contributed by atoms with Crippen LogP contribution < -0.4 is 0 Å². The number of aliphatic hydroxyl groups is 1. The van der Waals surface area contributed by atoms with Crippen molar-refractivity contribution in [3.63, 3.8) is 0 Å². The summed E-state index contributed by atoms with van der Waals surface area (Å²) < 4.78 is 2.66. The molecule has 1 heterocycles. The zero-order chi connectivity index (χ0) is 14.0. The number of rotatable bonds is 4. The number of aromatic nitrogens is 2. The van der Waals surface area contributed by atoms with E-state index in [-0.39, 0.29) is 0 Å². The smallest absolute Gasteiger partial charge is 0.130 e. The Hall–Kier alpha value is -0.840. The second kappa shape index (κ2) is 6.07. The number of halogens is 2. The third-order valence-electron chi connectivity index (χ3n) is 3.07.